The number of alkyl halides is 3. The van der Waals surface area contributed by atoms with Crippen LogP contribution in [-0.4, -0.2) is 44.5 Å². The van der Waals surface area contributed by atoms with Gasteiger partial charge in [0.1, 0.15) is 5.75 Å². The lowest BCUT2D eigenvalue weighted by Gasteiger charge is -2.24. The van der Waals surface area contributed by atoms with E-state index in [1.54, 1.807) is 24.0 Å². The van der Waals surface area contributed by atoms with Gasteiger partial charge in [-0.2, -0.15) is 13.2 Å². The largest absolute Gasteiger partial charge is 0.467 e. The molecule has 3 heterocycles. The minimum atomic E-state index is -4.49. The highest BCUT2D eigenvalue weighted by Gasteiger charge is 2.33. The first kappa shape index (κ1) is 23.1. The number of aryl methyl sites for hydroxylation is 1. The fraction of sp³-hybridized carbons (Fsp3) is 0.261. The number of nitrogens with zero attached hydrogens (tertiary/aromatic N) is 4. The summed E-state index contributed by atoms with van der Waals surface area (Å²) in [6.07, 6.45) is -0.246. The summed E-state index contributed by atoms with van der Waals surface area (Å²) in [4.78, 5) is 39.0. The second kappa shape index (κ2) is 9.08. The molecule has 1 amide bonds. The Morgan fingerprint density at radius 2 is 1.94 bits per heavy atom. The average molecular weight is 472 g/mol. The van der Waals surface area contributed by atoms with E-state index in [1.165, 1.54) is 43.7 Å². The van der Waals surface area contributed by atoms with Crippen molar-refractivity contribution in [1.29, 1.82) is 0 Å². The maximum atomic E-state index is 13.1. The van der Waals surface area contributed by atoms with Crippen LogP contribution in [0.25, 0.3) is 0 Å². The molecular formula is C23H19F3N4O4. The normalized spacial score (nSPS) is 14.0. The topological polar surface area (TPSA) is 94.5 Å². The third-order valence-electron chi connectivity index (χ3n) is 5.23. The van der Waals surface area contributed by atoms with Crippen LogP contribution >= 0.6 is 0 Å². The predicted octanol–water partition coefficient (Wildman–Crippen LogP) is 4.06. The molecule has 0 saturated heterocycles. The van der Waals surface area contributed by atoms with Crippen molar-refractivity contribution in [1.82, 2.24) is 19.9 Å². The monoisotopic (exact) mass is 472 g/mol. The van der Waals surface area contributed by atoms with Gasteiger partial charge in [0.15, 0.2) is 6.61 Å². The molecule has 1 aromatic carbocycles. The summed E-state index contributed by atoms with van der Waals surface area (Å²) in [5.41, 5.74) is 2.05. The SMILES string of the molecule is Cc1nc(C(C)N2Cc3ccc(OC(=O)c4ccncc4)cc3C2=O)cnc1OCC(F)(F)F. The van der Waals surface area contributed by atoms with Crippen LogP contribution in [0.15, 0.2) is 48.9 Å². The molecule has 0 bridgehead atoms. The number of halogens is 3. The number of pyridine rings is 1. The second-order valence-corrected chi connectivity index (χ2v) is 7.64. The van der Waals surface area contributed by atoms with E-state index in [-0.39, 0.29) is 23.2 Å². The molecule has 1 aliphatic rings. The van der Waals surface area contributed by atoms with Gasteiger partial charge in [-0.15, -0.1) is 0 Å². The van der Waals surface area contributed by atoms with Gasteiger partial charge in [0.25, 0.3) is 5.91 Å². The molecule has 0 saturated carbocycles. The fourth-order valence-electron chi connectivity index (χ4n) is 3.47. The first-order valence-corrected chi connectivity index (χ1v) is 10.2. The molecule has 0 fully saturated rings. The molecule has 8 nitrogen and oxygen atoms in total. The lowest BCUT2D eigenvalue weighted by atomic mass is 10.1. The number of amides is 1. The van der Waals surface area contributed by atoms with Crippen LogP contribution in [0.3, 0.4) is 0 Å². The number of carbonyl (C=O) groups excluding carboxylic acids is 2. The predicted molar refractivity (Wildman–Crippen MR) is 112 cm³/mol. The van der Waals surface area contributed by atoms with E-state index in [1.807, 2.05) is 0 Å². The van der Waals surface area contributed by atoms with Gasteiger partial charge in [-0.25, -0.2) is 14.8 Å². The molecule has 1 unspecified atom stereocenters. The van der Waals surface area contributed by atoms with Crippen LogP contribution in [0.1, 0.15) is 50.6 Å². The van der Waals surface area contributed by atoms with Gasteiger partial charge in [-0.1, -0.05) is 6.07 Å². The maximum absolute atomic E-state index is 13.1. The number of esters is 1. The molecule has 0 radical (unpaired) electrons. The van der Waals surface area contributed by atoms with E-state index in [9.17, 15) is 22.8 Å². The van der Waals surface area contributed by atoms with E-state index < -0.39 is 24.8 Å². The lowest BCUT2D eigenvalue weighted by molar-refractivity contribution is -0.154. The number of fused-ring (bicyclic) bond motifs is 1. The zero-order valence-electron chi connectivity index (χ0n) is 18.2. The van der Waals surface area contributed by atoms with Gasteiger partial charge in [-0.3, -0.25) is 9.78 Å². The quantitative estimate of drug-likeness (QED) is 0.395. The van der Waals surface area contributed by atoms with Crippen LogP contribution < -0.4 is 9.47 Å². The summed E-state index contributed by atoms with van der Waals surface area (Å²) < 4.78 is 47.2. The Balaban J connectivity index is 1.47. The van der Waals surface area contributed by atoms with Gasteiger partial charge in [0.05, 0.1) is 29.2 Å². The third kappa shape index (κ3) is 4.98. The molecule has 0 N–H and O–H groups in total. The first-order chi connectivity index (χ1) is 16.1. The van der Waals surface area contributed by atoms with Crippen LogP contribution in [0.5, 0.6) is 11.6 Å². The zero-order valence-corrected chi connectivity index (χ0v) is 18.2. The third-order valence-corrected chi connectivity index (χ3v) is 5.23. The standard InChI is InChI=1S/C23H19F3N4O4/c1-13-20(33-12-23(24,25)26)28-10-19(29-13)14(2)30-11-16-3-4-17(9-18(16)21(30)31)34-22(32)15-5-7-27-8-6-15/h3-10,14H,11-12H2,1-2H3. The number of rotatable bonds is 6. The Kier molecular flexibility index (Phi) is 6.18. The number of hydrogen-bond acceptors (Lipinski definition) is 7. The Bertz CT molecular complexity index is 1230. The molecule has 11 heteroatoms. The Morgan fingerprint density at radius 1 is 1.21 bits per heavy atom. The molecular weight excluding hydrogens is 453 g/mol. The van der Waals surface area contributed by atoms with Crippen molar-refractivity contribution in [2.24, 2.45) is 0 Å². The second-order valence-electron chi connectivity index (χ2n) is 7.64. The number of ether oxygens (including phenoxy) is 2. The lowest BCUT2D eigenvalue weighted by Crippen LogP contribution is -2.28. The smallest absolute Gasteiger partial charge is 0.422 e. The van der Waals surface area contributed by atoms with Gasteiger partial charge < -0.3 is 14.4 Å². The Labute approximate surface area is 192 Å². The van der Waals surface area contributed by atoms with Gasteiger partial charge in [0.2, 0.25) is 5.88 Å². The number of hydrogen-bond donors (Lipinski definition) is 0. The molecule has 0 spiro atoms. The Hall–Kier alpha value is -4.02. The molecule has 1 aliphatic heterocycles. The van der Waals surface area contributed by atoms with E-state index in [0.717, 1.165) is 5.56 Å². The van der Waals surface area contributed by atoms with Crippen LogP contribution in [-0.2, 0) is 6.54 Å². The van der Waals surface area contributed by atoms with Crippen molar-refractivity contribution < 1.29 is 32.2 Å². The summed E-state index contributed by atoms with van der Waals surface area (Å²) in [7, 11) is 0. The fourth-order valence-corrected chi connectivity index (χ4v) is 3.47. The Morgan fingerprint density at radius 3 is 2.62 bits per heavy atom. The molecule has 34 heavy (non-hydrogen) atoms. The zero-order chi connectivity index (χ0) is 24.5. The van der Waals surface area contributed by atoms with Crippen molar-refractivity contribution >= 4 is 11.9 Å². The maximum Gasteiger partial charge on any atom is 0.422 e. The summed E-state index contributed by atoms with van der Waals surface area (Å²) in [5, 5.41) is 0. The van der Waals surface area contributed by atoms with Crippen molar-refractivity contribution in [2.45, 2.75) is 32.6 Å². The molecule has 4 rings (SSSR count). The summed E-state index contributed by atoms with van der Waals surface area (Å²) >= 11 is 0. The number of aromatic nitrogens is 3. The van der Waals surface area contributed by atoms with Crippen molar-refractivity contribution in [3.63, 3.8) is 0 Å². The molecule has 0 aliphatic carbocycles. The van der Waals surface area contributed by atoms with Crippen molar-refractivity contribution in [2.75, 3.05) is 6.61 Å². The van der Waals surface area contributed by atoms with Gasteiger partial charge in [-0.05, 0) is 43.7 Å². The number of benzene rings is 1. The van der Waals surface area contributed by atoms with E-state index in [4.69, 9.17) is 4.74 Å². The van der Waals surface area contributed by atoms with Crippen LogP contribution in [0, 0.1) is 6.92 Å². The van der Waals surface area contributed by atoms with E-state index in [2.05, 4.69) is 19.7 Å². The van der Waals surface area contributed by atoms with Gasteiger partial charge >= 0.3 is 12.1 Å². The number of carbonyl (C=O) groups is 2. The van der Waals surface area contributed by atoms with E-state index in [0.29, 0.717) is 23.4 Å². The van der Waals surface area contributed by atoms with Crippen LogP contribution in [0.2, 0.25) is 0 Å². The summed E-state index contributed by atoms with van der Waals surface area (Å²) in [6, 6.07) is 7.36. The van der Waals surface area contributed by atoms with Crippen molar-refractivity contribution in [3.05, 3.63) is 77.0 Å². The van der Waals surface area contributed by atoms with Gasteiger partial charge in [0, 0.05) is 24.5 Å². The van der Waals surface area contributed by atoms with E-state index >= 15 is 0 Å². The highest BCUT2D eigenvalue weighted by Crippen LogP contribution is 2.33. The molecule has 3 aromatic rings. The average Bonchev–Trinajstić information content (AvgIpc) is 3.13. The highest BCUT2D eigenvalue weighted by atomic mass is 19.4. The minimum Gasteiger partial charge on any atom is -0.467 e. The molecule has 2 aromatic heterocycles. The molecule has 1 atom stereocenters. The highest BCUT2D eigenvalue weighted by molar-refractivity contribution is 5.99. The van der Waals surface area contributed by atoms with Crippen LogP contribution in [0.4, 0.5) is 13.2 Å². The first-order valence-electron chi connectivity index (χ1n) is 10.2. The minimum absolute atomic E-state index is 0.183. The summed E-state index contributed by atoms with van der Waals surface area (Å²) in [5.74, 6) is -0.854. The van der Waals surface area contributed by atoms with Crippen molar-refractivity contribution in [3.8, 4) is 11.6 Å². The molecule has 176 valence electrons. The summed E-state index contributed by atoms with van der Waals surface area (Å²) in [6.45, 7) is 2.05.